The summed E-state index contributed by atoms with van der Waals surface area (Å²) in [4.78, 5) is 12.0. The molecule has 160 valence electrons. The molecule has 5 nitrogen and oxygen atoms in total. The second-order valence-electron chi connectivity index (χ2n) is 7.68. The molecule has 7 heteroatoms. The zero-order chi connectivity index (χ0) is 21.9. The monoisotopic (exact) mass is 458 g/mol. The summed E-state index contributed by atoms with van der Waals surface area (Å²) < 4.78 is 6.35. The smallest absolute Gasteiger partial charge is 0.170 e. The van der Waals surface area contributed by atoms with E-state index < -0.39 is 0 Å². The fourth-order valence-corrected chi connectivity index (χ4v) is 4.92. The van der Waals surface area contributed by atoms with Crippen LogP contribution in [0.25, 0.3) is 0 Å². The molecule has 1 aliphatic rings. The summed E-state index contributed by atoms with van der Waals surface area (Å²) in [5.74, 6) is 0.858. The van der Waals surface area contributed by atoms with E-state index >= 15 is 0 Å². The van der Waals surface area contributed by atoms with Crippen LogP contribution in [0.5, 0.6) is 0 Å². The summed E-state index contributed by atoms with van der Waals surface area (Å²) >= 11 is 7.36. The molecule has 0 spiro atoms. The van der Waals surface area contributed by atoms with Crippen LogP contribution in [0.15, 0.2) is 99.7 Å². The van der Waals surface area contributed by atoms with E-state index in [1.807, 2.05) is 48.7 Å². The summed E-state index contributed by atoms with van der Waals surface area (Å²) in [5, 5.41) is 5.01. The first-order valence-corrected chi connectivity index (χ1v) is 11.6. The van der Waals surface area contributed by atoms with Crippen molar-refractivity contribution in [1.29, 1.82) is 0 Å². The molecule has 5 rings (SSSR count). The molecule has 1 aliphatic heterocycles. The van der Waals surface area contributed by atoms with Gasteiger partial charge in [-0.15, -0.1) is 0 Å². The van der Waals surface area contributed by atoms with Crippen LogP contribution >= 0.6 is 24.0 Å². The molecule has 0 saturated carbocycles. The van der Waals surface area contributed by atoms with Gasteiger partial charge in [-0.2, -0.15) is 0 Å². The van der Waals surface area contributed by atoms with Crippen LogP contribution in [0.1, 0.15) is 34.7 Å². The molecule has 1 aromatic carbocycles. The highest BCUT2D eigenvalue weighted by atomic mass is 32.2. The SMILES string of the molecule is Cc1ccc(Sc2ccc(C3C(c4ccccn4)NC(=S)N3Cc3ccncc3)o2)cc1. The van der Waals surface area contributed by atoms with Crippen molar-refractivity contribution in [3.05, 3.63) is 108 Å². The maximum absolute atomic E-state index is 6.35. The van der Waals surface area contributed by atoms with Crippen LogP contribution in [0, 0.1) is 6.92 Å². The minimum atomic E-state index is -0.113. The second-order valence-corrected chi connectivity index (χ2v) is 9.15. The zero-order valence-corrected chi connectivity index (χ0v) is 19.1. The Morgan fingerprint density at radius 3 is 2.56 bits per heavy atom. The van der Waals surface area contributed by atoms with E-state index in [0.717, 1.165) is 27.0 Å². The number of hydrogen-bond donors (Lipinski definition) is 1. The molecule has 1 saturated heterocycles. The summed E-state index contributed by atoms with van der Waals surface area (Å²) in [6.07, 6.45) is 5.41. The molecule has 0 radical (unpaired) electrons. The number of thiocarbonyl (C=S) groups is 1. The first-order valence-electron chi connectivity index (χ1n) is 10.4. The maximum atomic E-state index is 6.35. The van der Waals surface area contributed by atoms with Gasteiger partial charge in [0.15, 0.2) is 10.2 Å². The van der Waals surface area contributed by atoms with Gasteiger partial charge in [0.05, 0.1) is 11.7 Å². The quantitative estimate of drug-likeness (QED) is 0.372. The van der Waals surface area contributed by atoms with E-state index in [1.165, 1.54) is 5.56 Å². The number of nitrogens with one attached hydrogen (secondary N) is 1. The molecule has 1 N–H and O–H groups in total. The van der Waals surface area contributed by atoms with Crippen molar-refractivity contribution in [1.82, 2.24) is 20.2 Å². The number of aryl methyl sites for hydroxylation is 1. The van der Waals surface area contributed by atoms with E-state index in [1.54, 1.807) is 24.2 Å². The second kappa shape index (κ2) is 9.14. The fourth-order valence-electron chi connectivity index (χ4n) is 3.84. The predicted octanol–water partition coefficient (Wildman–Crippen LogP) is 5.70. The van der Waals surface area contributed by atoms with E-state index in [2.05, 4.69) is 51.4 Å². The molecular weight excluding hydrogens is 436 g/mol. The van der Waals surface area contributed by atoms with Crippen molar-refractivity contribution in [2.45, 2.75) is 35.5 Å². The number of hydrogen-bond acceptors (Lipinski definition) is 5. The molecule has 0 amide bonds. The Bertz CT molecular complexity index is 1200. The Balaban J connectivity index is 1.47. The van der Waals surface area contributed by atoms with Gasteiger partial charge in [-0.05, 0) is 73.2 Å². The van der Waals surface area contributed by atoms with Gasteiger partial charge in [-0.25, -0.2) is 0 Å². The van der Waals surface area contributed by atoms with Gasteiger partial charge in [-0.3, -0.25) is 9.97 Å². The van der Waals surface area contributed by atoms with Gasteiger partial charge >= 0.3 is 0 Å². The number of rotatable bonds is 6. The molecule has 3 aromatic heterocycles. The fraction of sp³-hybridized carbons (Fsp3) is 0.160. The normalized spacial score (nSPS) is 18.0. The first kappa shape index (κ1) is 20.7. The highest BCUT2D eigenvalue weighted by Gasteiger charge is 2.41. The van der Waals surface area contributed by atoms with Crippen molar-refractivity contribution in [3.8, 4) is 0 Å². The van der Waals surface area contributed by atoms with Gasteiger partial charge < -0.3 is 14.6 Å². The first-order chi connectivity index (χ1) is 15.7. The molecule has 0 aliphatic carbocycles. The van der Waals surface area contributed by atoms with Crippen molar-refractivity contribution in [2.24, 2.45) is 0 Å². The Kier molecular flexibility index (Phi) is 5.92. The molecule has 2 atom stereocenters. The number of pyridine rings is 2. The van der Waals surface area contributed by atoms with Crippen LogP contribution in [0.3, 0.4) is 0 Å². The molecule has 4 aromatic rings. The largest absolute Gasteiger partial charge is 0.452 e. The lowest BCUT2D eigenvalue weighted by molar-refractivity contribution is 0.254. The van der Waals surface area contributed by atoms with E-state index in [0.29, 0.717) is 11.7 Å². The average Bonchev–Trinajstić information content (AvgIpc) is 3.41. The van der Waals surface area contributed by atoms with Crippen LogP contribution in [0.4, 0.5) is 0 Å². The zero-order valence-electron chi connectivity index (χ0n) is 17.5. The van der Waals surface area contributed by atoms with Gasteiger partial charge in [-0.1, -0.05) is 35.5 Å². The van der Waals surface area contributed by atoms with Gasteiger partial charge in [0.25, 0.3) is 0 Å². The average molecular weight is 459 g/mol. The number of nitrogens with zero attached hydrogens (tertiary/aromatic N) is 3. The van der Waals surface area contributed by atoms with Crippen LogP contribution in [-0.4, -0.2) is 20.0 Å². The topological polar surface area (TPSA) is 54.2 Å². The Morgan fingerprint density at radius 1 is 1.00 bits per heavy atom. The van der Waals surface area contributed by atoms with E-state index in [4.69, 9.17) is 16.6 Å². The summed E-state index contributed by atoms with van der Waals surface area (Å²) in [7, 11) is 0. The highest BCUT2D eigenvalue weighted by Crippen LogP contribution is 2.41. The van der Waals surface area contributed by atoms with Crippen LogP contribution in [-0.2, 0) is 6.54 Å². The number of benzene rings is 1. The van der Waals surface area contributed by atoms with E-state index in [9.17, 15) is 0 Å². The number of aromatic nitrogens is 2. The summed E-state index contributed by atoms with van der Waals surface area (Å²) in [5.41, 5.74) is 3.31. The van der Waals surface area contributed by atoms with Crippen molar-refractivity contribution in [2.75, 3.05) is 0 Å². The van der Waals surface area contributed by atoms with Crippen molar-refractivity contribution in [3.63, 3.8) is 0 Å². The minimum absolute atomic E-state index is 0.103. The van der Waals surface area contributed by atoms with E-state index in [-0.39, 0.29) is 12.1 Å². The lowest BCUT2D eigenvalue weighted by Gasteiger charge is -2.26. The van der Waals surface area contributed by atoms with Crippen LogP contribution < -0.4 is 5.32 Å². The summed E-state index contributed by atoms with van der Waals surface area (Å²) in [6, 6.07) is 22.3. The molecular formula is C25H22N4OS2. The number of furan rings is 1. The van der Waals surface area contributed by atoms with Gasteiger partial charge in [0.2, 0.25) is 0 Å². The third-order valence-electron chi connectivity index (χ3n) is 5.43. The standard InChI is InChI=1S/C25H22N4OS2/c1-17-5-7-19(8-6-17)32-22-10-9-21(30-22)24-23(20-4-2-3-13-27-20)28-25(31)29(24)16-18-11-14-26-15-12-18/h2-15,23-24H,16H2,1H3,(H,28,31). The lowest BCUT2D eigenvalue weighted by Crippen LogP contribution is -2.29. The molecule has 32 heavy (non-hydrogen) atoms. The van der Waals surface area contributed by atoms with Gasteiger partial charge in [0.1, 0.15) is 11.8 Å². The minimum Gasteiger partial charge on any atom is -0.452 e. The molecule has 1 fully saturated rings. The summed E-state index contributed by atoms with van der Waals surface area (Å²) in [6.45, 7) is 2.74. The van der Waals surface area contributed by atoms with Crippen molar-refractivity contribution < 1.29 is 4.42 Å². The maximum Gasteiger partial charge on any atom is 0.170 e. The Hall–Kier alpha value is -3.16. The predicted molar refractivity (Wildman–Crippen MR) is 129 cm³/mol. The molecule has 0 bridgehead atoms. The third kappa shape index (κ3) is 4.40. The van der Waals surface area contributed by atoms with Gasteiger partial charge in [0, 0.05) is 30.0 Å². The van der Waals surface area contributed by atoms with Crippen molar-refractivity contribution >= 4 is 29.1 Å². The highest BCUT2D eigenvalue weighted by molar-refractivity contribution is 7.99. The Labute approximate surface area is 196 Å². The molecule has 4 heterocycles. The Morgan fingerprint density at radius 2 is 1.81 bits per heavy atom. The third-order valence-corrected chi connectivity index (χ3v) is 6.71. The molecule has 2 unspecified atom stereocenters. The lowest BCUT2D eigenvalue weighted by atomic mass is 10.0. The van der Waals surface area contributed by atoms with Crippen LogP contribution in [0.2, 0.25) is 0 Å².